The van der Waals surface area contributed by atoms with E-state index in [9.17, 15) is 4.79 Å². The molecule has 0 spiro atoms. The van der Waals surface area contributed by atoms with Crippen molar-refractivity contribution in [3.05, 3.63) is 65.6 Å². The molecule has 21 heavy (non-hydrogen) atoms. The van der Waals surface area contributed by atoms with Gasteiger partial charge in [0, 0.05) is 23.3 Å². The SMILES string of the molecule is N#Cc1cccc2c1ccn2Cc1ccc(C(=O)O)cn1. The van der Waals surface area contributed by atoms with Crippen molar-refractivity contribution in [1.29, 1.82) is 5.26 Å². The number of benzene rings is 1. The molecular weight excluding hydrogens is 266 g/mol. The standard InChI is InChI=1S/C16H11N3O2/c17-8-11-2-1-3-15-14(11)6-7-19(15)10-13-5-4-12(9-18-13)16(20)21/h1-7,9H,10H2,(H,20,21). The Labute approximate surface area is 120 Å². The van der Waals surface area contributed by atoms with Crippen molar-refractivity contribution in [2.24, 2.45) is 0 Å². The van der Waals surface area contributed by atoms with Crippen molar-refractivity contribution >= 4 is 16.9 Å². The highest BCUT2D eigenvalue weighted by Crippen LogP contribution is 2.20. The summed E-state index contributed by atoms with van der Waals surface area (Å²) in [5, 5.41) is 18.9. The average molecular weight is 277 g/mol. The maximum absolute atomic E-state index is 10.8. The highest BCUT2D eigenvalue weighted by molar-refractivity contribution is 5.87. The predicted molar refractivity (Wildman–Crippen MR) is 77.0 cm³/mol. The molecule has 0 saturated carbocycles. The van der Waals surface area contributed by atoms with Gasteiger partial charge in [0.05, 0.1) is 29.4 Å². The van der Waals surface area contributed by atoms with E-state index in [0.29, 0.717) is 12.1 Å². The smallest absolute Gasteiger partial charge is 0.337 e. The third-order valence-corrected chi connectivity index (χ3v) is 3.34. The molecule has 0 unspecified atom stereocenters. The van der Waals surface area contributed by atoms with Crippen molar-refractivity contribution in [2.75, 3.05) is 0 Å². The highest BCUT2D eigenvalue weighted by atomic mass is 16.4. The number of aromatic nitrogens is 2. The van der Waals surface area contributed by atoms with Crippen LogP contribution >= 0.6 is 0 Å². The van der Waals surface area contributed by atoms with E-state index < -0.39 is 5.97 Å². The normalized spacial score (nSPS) is 10.4. The molecule has 2 heterocycles. The number of hydrogen-bond donors (Lipinski definition) is 1. The van der Waals surface area contributed by atoms with Gasteiger partial charge in [-0.25, -0.2) is 4.79 Å². The Bertz CT molecular complexity index is 857. The van der Waals surface area contributed by atoms with E-state index in [1.54, 1.807) is 12.1 Å². The molecule has 1 N–H and O–H groups in total. The van der Waals surface area contributed by atoms with Crippen molar-refractivity contribution < 1.29 is 9.90 Å². The summed E-state index contributed by atoms with van der Waals surface area (Å²) in [7, 11) is 0. The Morgan fingerprint density at radius 1 is 1.29 bits per heavy atom. The van der Waals surface area contributed by atoms with Gasteiger partial charge in [-0.05, 0) is 30.3 Å². The fourth-order valence-electron chi connectivity index (χ4n) is 2.28. The monoisotopic (exact) mass is 277 g/mol. The number of pyridine rings is 1. The minimum atomic E-state index is -0.987. The summed E-state index contributed by atoms with van der Waals surface area (Å²) < 4.78 is 1.99. The molecule has 0 aliphatic rings. The lowest BCUT2D eigenvalue weighted by Crippen LogP contribution is -2.03. The van der Waals surface area contributed by atoms with Gasteiger partial charge in [-0.1, -0.05) is 6.07 Å². The van der Waals surface area contributed by atoms with Gasteiger partial charge >= 0.3 is 5.97 Å². The Kier molecular flexibility index (Phi) is 3.13. The molecule has 1 aromatic carbocycles. The Balaban J connectivity index is 1.95. The number of rotatable bonds is 3. The number of fused-ring (bicyclic) bond motifs is 1. The summed E-state index contributed by atoms with van der Waals surface area (Å²) in [4.78, 5) is 15.0. The second-order valence-electron chi connectivity index (χ2n) is 4.64. The number of nitrogens with zero attached hydrogens (tertiary/aromatic N) is 3. The first-order valence-corrected chi connectivity index (χ1v) is 6.35. The maximum Gasteiger partial charge on any atom is 0.337 e. The quantitative estimate of drug-likeness (QED) is 0.798. The van der Waals surface area contributed by atoms with Gasteiger partial charge in [0.15, 0.2) is 0 Å². The Hall–Kier alpha value is -3.13. The Morgan fingerprint density at radius 3 is 2.81 bits per heavy atom. The van der Waals surface area contributed by atoms with E-state index >= 15 is 0 Å². The molecule has 0 aliphatic heterocycles. The molecule has 3 rings (SSSR count). The van der Waals surface area contributed by atoms with E-state index in [-0.39, 0.29) is 5.56 Å². The van der Waals surface area contributed by atoms with Gasteiger partial charge in [0.1, 0.15) is 0 Å². The van der Waals surface area contributed by atoms with E-state index in [1.807, 2.05) is 29.0 Å². The van der Waals surface area contributed by atoms with Gasteiger partial charge in [-0.2, -0.15) is 5.26 Å². The van der Waals surface area contributed by atoms with Crippen LogP contribution in [0.2, 0.25) is 0 Å². The molecule has 5 heteroatoms. The average Bonchev–Trinajstić information content (AvgIpc) is 2.91. The molecular formula is C16H11N3O2. The van der Waals surface area contributed by atoms with Gasteiger partial charge in [-0.15, -0.1) is 0 Å². The third kappa shape index (κ3) is 2.35. The summed E-state index contributed by atoms with van der Waals surface area (Å²) in [6, 6.07) is 12.9. The van der Waals surface area contributed by atoms with Crippen molar-refractivity contribution in [3.8, 4) is 6.07 Å². The number of aromatic carboxylic acids is 1. The summed E-state index contributed by atoms with van der Waals surface area (Å²) in [5.41, 5.74) is 2.53. The zero-order chi connectivity index (χ0) is 14.8. The van der Waals surface area contributed by atoms with Gasteiger partial charge in [0.2, 0.25) is 0 Å². The van der Waals surface area contributed by atoms with Crippen molar-refractivity contribution in [2.45, 2.75) is 6.54 Å². The van der Waals surface area contributed by atoms with Crippen LogP contribution in [0.3, 0.4) is 0 Å². The number of carboxylic acids is 1. The van der Waals surface area contributed by atoms with Gasteiger partial charge in [-0.3, -0.25) is 4.98 Å². The zero-order valence-electron chi connectivity index (χ0n) is 11.0. The lowest BCUT2D eigenvalue weighted by atomic mass is 10.1. The van der Waals surface area contributed by atoms with Gasteiger partial charge in [0.25, 0.3) is 0 Å². The Morgan fingerprint density at radius 2 is 2.14 bits per heavy atom. The molecule has 5 nitrogen and oxygen atoms in total. The van der Waals surface area contributed by atoms with E-state index in [4.69, 9.17) is 10.4 Å². The number of nitriles is 1. The largest absolute Gasteiger partial charge is 0.478 e. The molecule has 0 fully saturated rings. The fraction of sp³-hybridized carbons (Fsp3) is 0.0625. The second-order valence-corrected chi connectivity index (χ2v) is 4.64. The first-order valence-electron chi connectivity index (χ1n) is 6.35. The molecule has 0 amide bonds. The minimum Gasteiger partial charge on any atom is -0.478 e. The molecule has 0 radical (unpaired) electrons. The lowest BCUT2D eigenvalue weighted by molar-refractivity contribution is 0.0696. The first kappa shape index (κ1) is 12.9. The molecule has 3 aromatic rings. The van der Waals surface area contributed by atoms with Crippen LogP contribution in [0.15, 0.2) is 48.8 Å². The van der Waals surface area contributed by atoms with Crippen LogP contribution in [0, 0.1) is 11.3 Å². The zero-order valence-corrected chi connectivity index (χ0v) is 11.0. The molecule has 0 bridgehead atoms. The molecule has 0 saturated heterocycles. The third-order valence-electron chi connectivity index (χ3n) is 3.34. The van der Waals surface area contributed by atoms with Crippen LogP contribution in [0.1, 0.15) is 21.6 Å². The minimum absolute atomic E-state index is 0.169. The molecule has 2 aromatic heterocycles. The van der Waals surface area contributed by atoms with Crippen LogP contribution in [0.4, 0.5) is 0 Å². The first-order chi connectivity index (χ1) is 10.2. The summed E-state index contributed by atoms with van der Waals surface area (Å²) in [6.07, 6.45) is 3.25. The topological polar surface area (TPSA) is 78.9 Å². The number of carbonyl (C=O) groups is 1. The summed E-state index contributed by atoms with van der Waals surface area (Å²) in [6.45, 7) is 0.526. The molecule has 0 aliphatic carbocycles. The summed E-state index contributed by atoms with van der Waals surface area (Å²) in [5.74, 6) is -0.987. The van der Waals surface area contributed by atoms with E-state index in [2.05, 4.69) is 11.1 Å². The maximum atomic E-state index is 10.8. The van der Waals surface area contributed by atoms with E-state index in [0.717, 1.165) is 16.6 Å². The van der Waals surface area contributed by atoms with Crippen molar-refractivity contribution in [1.82, 2.24) is 9.55 Å². The van der Waals surface area contributed by atoms with Crippen LogP contribution in [0.25, 0.3) is 10.9 Å². The number of hydrogen-bond acceptors (Lipinski definition) is 3. The van der Waals surface area contributed by atoms with Crippen LogP contribution in [-0.2, 0) is 6.54 Å². The highest BCUT2D eigenvalue weighted by Gasteiger charge is 2.07. The molecule has 0 atom stereocenters. The van der Waals surface area contributed by atoms with Crippen LogP contribution in [-0.4, -0.2) is 20.6 Å². The van der Waals surface area contributed by atoms with Gasteiger partial charge < -0.3 is 9.67 Å². The molecule has 102 valence electrons. The predicted octanol–water partition coefficient (Wildman–Crippen LogP) is 2.65. The van der Waals surface area contributed by atoms with Crippen LogP contribution < -0.4 is 0 Å². The van der Waals surface area contributed by atoms with E-state index in [1.165, 1.54) is 12.3 Å². The summed E-state index contributed by atoms with van der Waals surface area (Å²) >= 11 is 0. The second kappa shape index (κ2) is 5.10. The lowest BCUT2D eigenvalue weighted by Gasteiger charge is -2.05. The van der Waals surface area contributed by atoms with Crippen LogP contribution in [0.5, 0.6) is 0 Å². The van der Waals surface area contributed by atoms with Crippen molar-refractivity contribution in [3.63, 3.8) is 0 Å². The number of carboxylic acid groups (broad SMARTS) is 1. The fourth-order valence-corrected chi connectivity index (χ4v) is 2.28.